The van der Waals surface area contributed by atoms with Crippen molar-refractivity contribution in [3.63, 3.8) is 0 Å². The fourth-order valence-corrected chi connectivity index (χ4v) is 3.03. The molecule has 1 unspecified atom stereocenters. The molecular formula is C18H19N3O. The van der Waals surface area contributed by atoms with Crippen LogP contribution in [0.5, 0.6) is 5.75 Å². The summed E-state index contributed by atoms with van der Waals surface area (Å²) in [5.41, 5.74) is 13.3. The number of ether oxygens (including phenoxy) is 1. The minimum absolute atomic E-state index is 0.0572. The lowest BCUT2D eigenvalue weighted by Gasteiger charge is -2.16. The number of azide groups is 1. The van der Waals surface area contributed by atoms with Crippen LogP contribution in [0.2, 0.25) is 0 Å². The molecule has 4 heteroatoms. The molecule has 0 radical (unpaired) electrons. The molecule has 0 amide bonds. The first-order valence-corrected chi connectivity index (χ1v) is 7.59. The van der Waals surface area contributed by atoms with Crippen LogP contribution in [0.3, 0.4) is 0 Å². The molecule has 0 saturated heterocycles. The normalized spacial score (nSPS) is 16.0. The minimum Gasteiger partial charge on any atom is -0.489 e. The summed E-state index contributed by atoms with van der Waals surface area (Å²) in [5.74, 6) is 1.39. The van der Waals surface area contributed by atoms with Crippen LogP contribution in [-0.4, -0.2) is 12.6 Å². The van der Waals surface area contributed by atoms with E-state index < -0.39 is 0 Å². The third-order valence-electron chi connectivity index (χ3n) is 4.05. The Morgan fingerprint density at radius 3 is 2.73 bits per heavy atom. The summed E-state index contributed by atoms with van der Waals surface area (Å²) in [7, 11) is 0. The number of hydrogen-bond acceptors (Lipinski definition) is 2. The fourth-order valence-electron chi connectivity index (χ4n) is 3.03. The highest BCUT2D eigenvalue weighted by Crippen LogP contribution is 2.41. The average molecular weight is 293 g/mol. The van der Waals surface area contributed by atoms with Gasteiger partial charge < -0.3 is 4.74 Å². The Morgan fingerprint density at radius 2 is 1.95 bits per heavy atom. The average Bonchev–Trinajstić information content (AvgIpc) is 2.95. The van der Waals surface area contributed by atoms with Crippen molar-refractivity contribution in [2.24, 2.45) is 5.11 Å². The highest BCUT2D eigenvalue weighted by atomic mass is 16.5. The second-order valence-electron chi connectivity index (χ2n) is 5.89. The maximum Gasteiger partial charge on any atom is 0.130 e. The van der Waals surface area contributed by atoms with Crippen molar-refractivity contribution in [3.8, 4) is 16.9 Å². The predicted octanol–water partition coefficient (Wildman–Crippen LogP) is 5.09. The first-order chi connectivity index (χ1) is 10.7. The molecule has 0 saturated carbocycles. The molecule has 0 fully saturated rings. The summed E-state index contributed by atoms with van der Waals surface area (Å²) in [4.78, 5) is 2.82. The molecule has 112 valence electrons. The molecule has 0 N–H and O–H groups in total. The Balaban J connectivity index is 2.02. The first-order valence-electron chi connectivity index (χ1n) is 7.59. The Morgan fingerprint density at radius 1 is 1.18 bits per heavy atom. The minimum atomic E-state index is -0.0572. The van der Waals surface area contributed by atoms with E-state index in [1.807, 2.05) is 0 Å². The van der Waals surface area contributed by atoms with Gasteiger partial charge in [0, 0.05) is 16.9 Å². The van der Waals surface area contributed by atoms with Gasteiger partial charge in [0.25, 0.3) is 0 Å². The second kappa shape index (κ2) is 6.12. The van der Waals surface area contributed by atoms with Crippen LogP contribution >= 0.6 is 0 Å². The van der Waals surface area contributed by atoms with Crippen LogP contribution in [0.4, 0.5) is 0 Å². The van der Waals surface area contributed by atoms with E-state index in [1.165, 1.54) is 16.7 Å². The molecule has 1 heterocycles. The Kier molecular flexibility index (Phi) is 4.03. The van der Waals surface area contributed by atoms with Gasteiger partial charge in [0.15, 0.2) is 0 Å². The molecule has 3 rings (SSSR count). The molecule has 2 aromatic carbocycles. The maximum absolute atomic E-state index is 8.48. The van der Waals surface area contributed by atoms with Crippen LogP contribution in [0.15, 0.2) is 47.6 Å². The zero-order valence-corrected chi connectivity index (χ0v) is 12.9. The van der Waals surface area contributed by atoms with Crippen molar-refractivity contribution < 1.29 is 4.74 Å². The van der Waals surface area contributed by atoms with E-state index in [0.29, 0.717) is 12.5 Å². The van der Waals surface area contributed by atoms with E-state index in [0.717, 1.165) is 17.7 Å². The largest absolute Gasteiger partial charge is 0.489 e. The molecule has 0 bridgehead atoms. The molecule has 1 atom stereocenters. The molecule has 2 aromatic rings. The van der Waals surface area contributed by atoms with E-state index in [2.05, 4.69) is 66.3 Å². The zero-order valence-electron chi connectivity index (χ0n) is 12.9. The number of fused-ring (bicyclic) bond motifs is 1. The van der Waals surface area contributed by atoms with Crippen LogP contribution in [-0.2, 0) is 6.42 Å². The van der Waals surface area contributed by atoms with Gasteiger partial charge in [-0.2, -0.15) is 0 Å². The van der Waals surface area contributed by atoms with Crippen LogP contribution in [0.25, 0.3) is 21.6 Å². The van der Waals surface area contributed by atoms with Gasteiger partial charge in [-0.15, -0.1) is 0 Å². The lowest BCUT2D eigenvalue weighted by Crippen LogP contribution is -2.16. The molecule has 22 heavy (non-hydrogen) atoms. The van der Waals surface area contributed by atoms with Gasteiger partial charge >= 0.3 is 0 Å². The van der Waals surface area contributed by atoms with E-state index >= 15 is 0 Å². The van der Waals surface area contributed by atoms with Crippen molar-refractivity contribution in [2.45, 2.75) is 32.3 Å². The van der Waals surface area contributed by atoms with Gasteiger partial charge in [0.05, 0.1) is 6.54 Å². The summed E-state index contributed by atoms with van der Waals surface area (Å²) in [6.45, 7) is 4.77. The molecular weight excluding hydrogens is 274 g/mol. The van der Waals surface area contributed by atoms with Gasteiger partial charge in [-0.05, 0) is 28.1 Å². The van der Waals surface area contributed by atoms with Crippen molar-refractivity contribution in [1.82, 2.24) is 0 Å². The van der Waals surface area contributed by atoms with Crippen LogP contribution in [0, 0.1) is 0 Å². The third kappa shape index (κ3) is 2.66. The fraction of sp³-hybridized carbons (Fsp3) is 0.333. The lowest BCUT2D eigenvalue weighted by molar-refractivity contribution is 0.242. The lowest BCUT2D eigenvalue weighted by atomic mass is 9.91. The Hall–Kier alpha value is -2.45. The van der Waals surface area contributed by atoms with Crippen molar-refractivity contribution >= 4 is 0 Å². The van der Waals surface area contributed by atoms with Crippen molar-refractivity contribution in [2.75, 3.05) is 6.54 Å². The van der Waals surface area contributed by atoms with Gasteiger partial charge in [0.1, 0.15) is 11.9 Å². The van der Waals surface area contributed by atoms with E-state index in [4.69, 9.17) is 10.3 Å². The number of hydrogen-bond donors (Lipinski definition) is 0. The van der Waals surface area contributed by atoms with Crippen molar-refractivity contribution in [3.05, 3.63) is 64.0 Å². The number of nitrogens with zero attached hydrogens (tertiary/aromatic N) is 3. The van der Waals surface area contributed by atoms with E-state index in [1.54, 1.807) is 0 Å². The van der Waals surface area contributed by atoms with Gasteiger partial charge in [-0.3, -0.25) is 0 Å². The summed E-state index contributed by atoms with van der Waals surface area (Å²) in [5, 5.41) is 3.64. The SMILES string of the molecule is CC(C)c1ccccc1-c1cccc2c1OC(CN=[N+]=[N-])C2. The Bertz CT molecular complexity index is 733. The summed E-state index contributed by atoms with van der Waals surface area (Å²) in [6.07, 6.45) is 0.740. The molecule has 0 spiro atoms. The quantitative estimate of drug-likeness (QED) is 0.440. The Labute approximate surface area is 130 Å². The maximum atomic E-state index is 8.48. The number of para-hydroxylation sites is 1. The summed E-state index contributed by atoms with van der Waals surface area (Å²) in [6, 6.07) is 14.7. The molecule has 1 aliphatic heterocycles. The zero-order chi connectivity index (χ0) is 15.5. The number of rotatable bonds is 4. The highest BCUT2D eigenvalue weighted by molar-refractivity contribution is 5.76. The van der Waals surface area contributed by atoms with Crippen LogP contribution in [0.1, 0.15) is 30.9 Å². The predicted molar refractivity (Wildman–Crippen MR) is 88.1 cm³/mol. The summed E-state index contributed by atoms with van der Waals surface area (Å²) < 4.78 is 6.06. The summed E-state index contributed by atoms with van der Waals surface area (Å²) >= 11 is 0. The smallest absolute Gasteiger partial charge is 0.130 e. The molecule has 4 nitrogen and oxygen atoms in total. The van der Waals surface area contributed by atoms with Gasteiger partial charge in [0.2, 0.25) is 0 Å². The van der Waals surface area contributed by atoms with Gasteiger partial charge in [-0.1, -0.05) is 61.4 Å². The molecule has 1 aliphatic rings. The third-order valence-corrected chi connectivity index (χ3v) is 4.05. The van der Waals surface area contributed by atoms with E-state index in [-0.39, 0.29) is 6.10 Å². The van der Waals surface area contributed by atoms with E-state index in [9.17, 15) is 0 Å². The standard InChI is InChI=1S/C18H19N3O/c1-12(2)15-7-3-4-8-16(15)17-9-5-6-13-10-14(11-20-21-19)22-18(13)17/h3-9,12,14H,10-11H2,1-2H3. The first kappa shape index (κ1) is 14.5. The monoisotopic (exact) mass is 293 g/mol. The van der Waals surface area contributed by atoms with Crippen LogP contribution < -0.4 is 4.74 Å². The number of benzene rings is 2. The van der Waals surface area contributed by atoms with Gasteiger partial charge in [-0.25, -0.2) is 0 Å². The molecule has 0 aromatic heterocycles. The van der Waals surface area contributed by atoms with Crippen molar-refractivity contribution in [1.29, 1.82) is 0 Å². The molecule has 0 aliphatic carbocycles. The topological polar surface area (TPSA) is 58.0 Å². The highest BCUT2D eigenvalue weighted by Gasteiger charge is 2.25. The second-order valence-corrected chi connectivity index (χ2v) is 5.89.